The van der Waals surface area contributed by atoms with Crippen molar-refractivity contribution < 1.29 is 21.3 Å². The maximum Gasteiger partial charge on any atom is 2.00 e. The molecule has 0 saturated carbocycles. The second-order valence-corrected chi connectivity index (χ2v) is 14.2. The van der Waals surface area contributed by atoms with Gasteiger partial charge in [0, 0.05) is 53.9 Å². The Kier molecular flexibility index (Phi) is 11.6. The van der Waals surface area contributed by atoms with Crippen LogP contribution in [0.25, 0.3) is 33.2 Å². The summed E-state index contributed by atoms with van der Waals surface area (Å²) in [4.78, 5) is 35.6. The molecular formula is C36H43Br2N5NiO. The average molecular weight is 780 g/mol. The largest absolute Gasteiger partial charge is 2.00 e. The number of allylic oxidation sites excluding steroid dienone is 2. The molecule has 3 aromatic rings. The predicted molar refractivity (Wildman–Crippen MR) is 190 cm³/mol. The molecule has 0 spiro atoms. The number of amides is 1. The molecule has 45 heavy (non-hydrogen) atoms. The van der Waals surface area contributed by atoms with Crippen LogP contribution in [0.3, 0.4) is 0 Å². The van der Waals surface area contributed by atoms with Crippen molar-refractivity contribution in [2.45, 2.75) is 84.5 Å². The Bertz CT molecular complexity index is 1770. The zero-order chi connectivity index (χ0) is 31.8. The number of hydrogen-bond acceptors (Lipinski definition) is 3. The first-order chi connectivity index (χ1) is 21.0. The van der Waals surface area contributed by atoms with E-state index in [0.717, 1.165) is 93.2 Å². The summed E-state index contributed by atoms with van der Waals surface area (Å²) >= 11 is 7.27. The molecule has 2 aliphatic rings. The molecule has 0 fully saturated rings. The molecule has 0 saturated heterocycles. The van der Waals surface area contributed by atoms with Gasteiger partial charge in [-0.3, -0.25) is 9.78 Å². The van der Waals surface area contributed by atoms with E-state index in [0.29, 0.717) is 6.42 Å². The van der Waals surface area contributed by atoms with Crippen LogP contribution in [-0.2, 0) is 33.1 Å². The number of alkyl halides is 2. The molecule has 1 amide bonds. The maximum atomic E-state index is 13.2. The Hall–Kier alpha value is -2.22. The van der Waals surface area contributed by atoms with Gasteiger partial charge in [-0.15, -0.1) is 22.1 Å². The van der Waals surface area contributed by atoms with Gasteiger partial charge in [-0.25, -0.2) is 4.98 Å². The van der Waals surface area contributed by atoms with Gasteiger partial charge in [0.15, 0.2) is 0 Å². The number of aryl methyl sites for hydroxylation is 3. The summed E-state index contributed by atoms with van der Waals surface area (Å²) in [5.41, 5.74) is 13.1. The molecule has 0 radical (unpaired) electrons. The van der Waals surface area contributed by atoms with Crippen LogP contribution in [0.5, 0.6) is 0 Å². The Morgan fingerprint density at radius 3 is 2.27 bits per heavy atom. The van der Waals surface area contributed by atoms with E-state index >= 15 is 0 Å². The Morgan fingerprint density at radius 1 is 0.911 bits per heavy atom. The summed E-state index contributed by atoms with van der Waals surface area (Å²) in [5, 5.41) is 1.88. The van der Waals surface area contributed by atoms with E-state index < -0.39 is 5.41 Å². The molecule has 0 aliphatic carbocycles. The summed E-state index contributed by atoms with van der Waals surface area (Å²) in [6, 6.07) is 10.7. The van der Waals surface area contributed by atoms with Crippen LogP contribution < -0.4 is 9.97 Å². The third-order valence-electron chi connectivity index (χ3n) is 9.42. The third kappa shape index (κ3) is 7.06. The number of carbonyl (C=O) groups is 1. The van der Waals surface area contributed by atoms with Gasteiger partial charge in [-0.2, -0.15) is 0 Å². The second kappa shape index (κ2) is 14.7. The number of halogens is 2. The van der Waals surface area contributed by atoms with Crippen LogP contribution in [-0.4, -0.2) is 45.5 Å². The molecule has 2 atom stereocenters. The number of aromatic nitrogens is 4. The monoisotopic (exact) mass is 777 g/mol. The number of nitrogens with zero attached hydrogens (tertiary/aromatic N) is 5. The summed E-state index contributed by atoms with van der Waals surface area (Å²) in [7, 11) is 3.65. The van der Waals surface area contributed by atoms with Crippen molar-refractivity contribution in [3.63, 3.8) is 0 Å². The molecule has 8 bridgehead atoms. The zero-order valence-electron chi connectivity index (χ0n) is 27.3. The van der Waals surface area contributed by atoms with Crippen LogP contribution >= 0.6 is 31.9 Å². The van der Waals surface area contributed by atoms with Gasteiger partial charge in [0.05, 0.1) is 11.4 Å². The fourth-order valence-electron chi connectivity index (χ4n) is 6.73. The van der Waals surface area contributed by atoms with Crippen LogP contribution in [0.1, 0.15) is 98.3 Å². The molecule has 3 aromatic heterocycles. The van der Waals surface area contributed by atoms with Crippen molar-refractivity contribution >= 4 is 71.0 Å². The minimum absolute atomic E-state index is 0. The fourth-order valence-corrected chi connectivity index (χ4v) is 7.29. The molecule has 242 valence electrons. The zero-order valence-corrected chi connectivity index (χ0v) is 31.5. The minimum Gasteiger partial charge on any atom is -0.658 e. The maximum absolute atomic E-state index is 13.2. The quantitative estimate of drug-likeness (QED) is 0.161. The van der Waals surface area contributed by atoms with E-state index in [1.807, 2.05) is 14.1 Å². The van der Waals surface area contributed by atoms with Gasteiger partial charge in [0.2, 0.25) is 5.91 Å². The standard InChI is InChI=1S/C36H43Br2N5O.Ni/c1-8-27-33-18-30-23(4)26(12-10-14-38)32(41-30)19-31-25(11-9-13-37)22(3)29(40-31)17-28-21(2)15-24(39-28)16-34(42-33)36(27,5)20-35(44)43(6)7;/h15-19,27H,8-14,20H2,1-7H3;/q-2;+2. The van der Waals surface area contributed by atoms with E-state index in [-0.39, 0.29) is 28.3 Å². The van der Waals surface area contributed by atoms with E-state index in [1.54, 1.807) is 4.90 Å². The van der Waals surface area contributed by atoms with E-state index in [1.165, 1.54) is 22.3 Å². The predicted octanol–water partition coefficient (Wildman–Crippen LogP) is 8.55. The van der Waals surface area contributed by atoms with Gasteiger partial charge in [0.1, 0.15) is 0 Å². The number of fused-ring (bicyclic) bond motifs is 8. The topological polar surface area (TPSA) is 74.3 Å². The number of rotatable bonds is 9. The van der Waals surface area contributed by atoms with Crippen LogP contribution in [0.2, 0.25) is 0 Å². The molecule has 5 rings (SSSR count). The Balaban J connectivity index is 0.00000461. The molecule has 2 unspecified atom stereocenters. The van der Waals surface area contributed by atoms with E-state index in [2.05, 4.69) is 96.8 Å². The summed E-state index contributed by atoms with van der Waals surface area (Å²) in [6.45, 7) is 10.8. The molecule has 9 heteroatoms. The molecule has 5 heterocycles. The van der Waals surface area contributed by atoms with Gasteiger partial charge >= 0.3 is 16.5 Å². The van der Waals surface area contributed by atoms with Crippen molar-refractivity contribution in [1.29, 1.82) is 0 Å². The van der Waals surface area contributed by atoms with Gasteiger partial charge in [-0.1, -0.05) is 92.7 Å². The first-order valence-electron chi connectivity index (χ1n) is 15.6. The third-order valence-corrected chi connectivity index (χ3v) is 10.5. The molecule has 0 N–H and O–H groups in total. The normalized spacial score (nSPS) is 17.8. The molecular weight excluding hydrogens is 737 g/mol. The van der Waals surface area contributed by atoms with E-state index in [9.17, 15) is 4.79 Å². The van der Waals surface area contributed by atoms with Crippen LogP contribution in [0.4, 0.5) is 0 Å². The average Bonchev–Trinajstić information content (AvgIpc) is 3.64. The van der Waals surface area contributed by atoms with Crippen molar-refractivity contribution in [3.8, 4) is 0 Å². The van der Waals surface area contributed by atoms with Crippen LogP contribution in [0.15, 0.2) is 30.3 Å². The summed E-state index contributed by atoms with van der Waals surface area (Å²) < 4.78 is 0. The first kappa shape index (κ1) is 35.6. The van der Waals surface area contributed by atoms with Gasteiger partial charge < -0.3 is 14.9 Å². The van der Waals surface area contributed by atoms with E-state index in [4.69, 9.17) is 19.9 Å². The molecule has 6 nitrogen and oxygen atoms in total. The Labute approximate surface area is 294 Å². The smallest absolute Gasteiger partial charge is 0.658 e. The van der Waals surface area contributed by atoms with Gasteiger partial charge in [-0.05, 0) is 64.0 Å². The molecule has 0 aromatic carbocycles. The van der Waals surface area contributed by atoms with Crippen molar-refractivity contribution in [1.82, 2.24) is 24.8 Å². The fraction of sp³-hybridized carbons (Fsp3) is 0.472. The minimum atomic E-state index is -0.469. The van der Waals surface area contributed by atoms with Crippen LogP contribution in [0, 0.1) is 13.8 Å². The van der Waals surface area contributed by atoms with Crippen molar-refractivity contribution in [3.05, 3.63) is 69.8 Å². The van der Waals surface area contributed by atoms with Crippen molar-refractivity contribution in [2.75, 3.05) is 24.8 Å². The summed E-state index contributed by atoms with van der Waals surface area (Å²) in [5.74, 6) is 0.169. The number of hydrogen-bond donors (Lipinski definition) is 0. The SMILES string of the molecule is CCC1c2cc3[n-]c(cc4nc(cc5[n-]c(cc(n2)C1(C)CC(=O)N(C)C)cc5C)C(C)=C4CCCBr)c(CCCBr)c3C.[Ni+2]. The number of carbonyl (C=O) groups excluding carboxylic acids is 1. The van der Waals surface area contributed by atoms with Gasteiger partial charge in [0.25, 0.3) is 0 Å². The van der Waals surface area contributed by atoms with Crippen molar-refractivity contribution in [2.24, 2.45) is 0 Å². The Morgan fingerprint density at radius 2 is 1.60 bits per heavy atom. The first-order valence-corrected chi connectivity index (χ1v) is 17.9. The molecule has 2 aliphatic heterocycles. The summed E-state index contributed by atoms with van der Waals surface area (Å²) in [6.07, 6.45) is 5.18. The second-order valence-electron chi connectivity index (χ2n) is 12.6.